The fourth-order valence-electron chi connectivity index (χ4n) is 3.81. The Morgan fingerprint density at radius 3 is 2.76 bits per heavy atom. The highest BCUT2D eigenvalue weighted by Gasteiger charge is 2.16. The van der Waals surface area contributed by atoms with Crippen LogP contribution in [0.1, 0.15) is 16.8 Å². The number of morpholine rings is 1. The number of methoxy groups -OCH3 is 1. The molecule has 0 spiro atoms. The van der Waals surface area contributed by atoms with Crippen LogP contribution in [0.3, 0.4) is 0 Å². The average molecular weight is 473 g/mol. The molecule has 0 unspecified atom stereocenters. The van der Waals surface area contributed by atoms with Crippen molar-refractivity contribution in [1.29, 1.82) is 0 Å². The highest BCUT2D eigenvalue weighted by atomic mass is 32.1. The summed E-state index contributed by atoms with van der Waals surface area (Å²) in [5, 5.41) is 3.14. The molecule has 1 amide bonds. The smallest absolute Gasteiger partial charge is 0.262 e. The molecular weight excluding hydrogens is 447 g/mol. The van der Waals surface area contributed by atoms with E-state index in [1.807, 2.05) is 4.90 Å². The van der Waals surface area contributed by atoms with E-state index in [1.165, 1.54) is 10.6 Å². The summed E-state index contributed by atoms with van der Waals surface area (Å²) in [5.74, 6) is -0.828. The van der Waals surface area contributed by atoms with Crippen molar-refractivity contribution < 1.29 is 18.7 Å². The second-order valence-corrected chi connectivity index (χ2v) is 8.10. The maximum Gasteiger partial charge on any atom is 0.262 e. The van der Waals surface area contributed by atoms with Gasteiger partial charge in [0.1, 0.15) is 5.82 Å². The molecule has 1 aliphatic heterocycles. The van der Waals surface area contributed by atoms with Crippen LogP contribution in [0.2, 0.25) is 0 Å². The highest BCUT2D eigenvalue weighted by molar-refractivity contribution is 7.71. The minimum absolute atomic E-state index is 0.224. The van der Waals surface area contributed by atoms with E-state index in [0.717, 1.165) is 0 Å². The molecule has 0 bridgehead atoms. The van der Waals surface area contributed by atoms with Crippen LogP contribution in [-0.4, -0.2) is 55.5 Å². The summed E-state index contributed by atoms with van der Waals surface area (Å²) in [6.07, 6.45) is 0.654. The molecule has 1 aliphatic rings. The Morgan fingerprint density at radius 2 is 2.03 bits per heavy atom. The van der Waals surface area contributed by atoms with E-state index >= 15 is 0 Å². The zero-order valence-corrected chi connectivity index (χ0v) is 19.0. The maximum atomic E-state index is 14.6. The molecule has 1 aromatic heterocycles. The molecule has 33 heavy (non-hydrogen) atoms. The van der Waals surface area contributed by atoms with Crippen molar-refractivity contribution in [2.45, 2.75) is 13.0 Å². The number of nitrogens with zero attached hydrogens (tertiary/aromatic N) is 2. The number of aromatic nitrogens is 2. The third-order valence-electron chi connectivity index (χ3n) is 5.53. The molecule has 1 saturated heterocycles. The van der Waals surface area contributed by atoms with Crippen molar-refractivity contribution in [3.05, 3.63) is 62.9 Å². The zero-order valence-electron chi connectivity index (χ0n) is 18.2. The molecule has 0 atom stereocenters. The molecule has 3 aromatic rings. The number of amides is 1. The zero-order chi connectivity index (χ0) is 23.4. The first-order valence-corrected chi connectivity index (χ1v) is 11.1. The van der Waals surface area contributed by atoms with Crippen LogP contribution in [0.4, 0.5) is 15.8 Å². The van der Waals surface area contributed by atoms with Gasteiger partial charge in [-0.3, -0.25) is 14.2 Å². The molecule has 0 radical (unpaired) electrons. The predicted octanol–water partition coefficient (Wildman–Crippen LogP) is 3.32. The SMILES string of the molecule is COCCCn1c(=S)[nH]c2cc(C(=O)Nc3ccc(N4CCOCC4)c(F)c3)ccc2c1=O. The number of fused-ring (bicyclic) bond motifs is 1. The van der Waals surface area contributed by atoms with Crippen LogP contribution in [0.15, 0.2) is 41.2 Å². The van der Waals surface area contributed by atoms with Gasteiger partial charge in [0.05, 0.1) is 29.8 Å². The van der Waals surface area contributed by atoms with Gasteiger partial charge in [-0.1, -0.05) is 0 Å². The van der Waals surface area contributed by atoms with Crippen LogP contribution >= 0.6 is 12.2 Å². The normalized spacial score (nSPS) is 13.9. The summed E-state index contributed by atoms with van der Waals surface area (Å²) in [6, 6.07) is 9.34. The number of carbonyl (C=O) groups is 1. The van der Waals surface area contributed by atoms with Gasteiger partial charge < -0.3 is 24.7 Å². The Bertz CT molecular complexity index is 1280. The number of rotatable bonds is 7. The van der Waals surface area contributed by atoms with E-state index < -0.39 is 11.7 Å². The van der Waals surface area contributed by atoms with Gasteiger partial charge in [0.2, 0.25) is 0 Å². The number of carbonyl (C=O) groups excluding carboxylic acids is 1. The Balaban J connectivity index is 1.53. The first-order valence-electron chi connectivity index (χ1n) is 10.7. The number of ether oxygens (including phenoxy) is 2. The number of hydrogen-bond acceptors (Lipinski definition) is 6. The van der Waals surface area contributed by atoms with Crippen molar-refractivity contribution in [2.75, 3.05) is 50.2 Å². The summed E-state index contributed by atoms with van der Waals surface area (Å²) in [6.45, 7) is 3.31. The number of benzene rings is 2. The standard InChI is InChI=1S/C23H25FN4O4S/c1-31-10-2-7-28-22(30)17-5-3-15(13-19(17)26-23(28)33)21(29)25-16-4-6-20(18(24)14-16)27-8-11-32-12-9-27/h3-6,13-14H,2,7-12H2,1H3,(H,25,29)(H,26,33). The fourth-order valence-corrected chi connectivity index (χ4v) is 4.10. The minimum Gasteiger partial charge on any atom is -0.385 e. The summed E-state index contributed by atoms with van der Waals surface area (Å²) < 4.78 is 26.7. The highest BCUT2D eigenvalue weighted by Crippen LogP contribution is 2.24. The topological polar surface area (TPSA) is 88.6 Å². The van der Waals surface area contributed by atoms with E-state index in [0.29, 0.717) is 73.7 Å². The molecule has 2 heterocycles. The predicted molar refractivity (Wildman–Crippen MR) is 127 cm³/mol. The van der Waals surface area contributed by atoms with Gasteiger partial charge in [-0.05, 0) is 55.0 Å². The summed E-state index contributed by atoms with van der Waals surface area (Å²) in [7, 11) is 1.60. The first-order chi connectivity index (χ1) is 16.0. The van der Waals surface area contributed by atoms with Gasteiger partial charge in [0.25, 0.3) is 11.5 Å². The average Bonchev–Trinajstić information content (AvgIpc) is 2.81. The van der Waals surface area contributed by atoms with E-state index in [-0.39, 0.29) is 10.3 Å². The molecule has 174 valence electrons. The largest absolute Gasteiger partial charge is 0.385 e. The second-order valence-electron chi connectivity index (χ2n) is 7.71. The molecule has 2 aromatic carbocycles. The minimum atomic E-state index is -0.418. The maximum absolute atomic E-state index is 14.6. The van der Waals surface area contributed by atoms with Crippen molar-refractivity contribution in [3.63, 3.8) is 0 Å². The number of halogens is 1. The third kappa shape index (κ3) is 5.13. The molecule has 2 N–H and O–H groups in total. The van der Waals surface area contributed by atoms with E-state index in [4.69, 9.17) is 21.7 Å². The van der Waals surface area contributed by atoms with E-state index in [2.05, 4.69) is 10.3 Å². The fraction of sp³-hybridized carbons (Fsp3) is 0.348. The quantitative estimate of drug-likeness (QED) is 0.405. The van der Waals surface area contributed by atoms with E-state index in [1.54, 1.807) is 37.4 Å². The lowest BCUT2D eigenvalue weighted by Crippen LogP contribution is -2.36. The van der Waals surface area contributed by atoms with Crippen molar-refractivity contribution >= 4 is 40.4 Å². The Labute approximate surface area is 194 Å². The molecule has 10 heteroatoms. The molecule has 0 aliphatic carbocycles. The molecule has 0 saturated carbocycles. The van der Waals surface area contributed by atoms with Gasteiger partial charge >= 0.3 is 0 Å². The van der Waals surface area contributed by atoms with Gasteiger partial charge in [-0.25, -0.2) is 4.39 Å². The van der Waals surface area contributed by atoms with Crippen molar-refractivity contribution in [3.8, 4) is 0 Å². The monoisotopic (exact) mass is 472 g/mol. The summed E-state index contributed by atoms with van der Waals surface area (Å²) in [5.41, 5.74) is 1.39. The lowest BCUT2D eigenvalue weighted by Gasteiger charge is -2.29. The van der Waals surface area contributed by atoms with Gasteiger partial charge in [-0.2, -0.15) is 0 Å². The second kappa shape index (κ2) is 10.2. The lowest BCUT2D eigenvalue weighted by molar-refractivity contribution is 0.102. The van der Waals surface area contributed by atoms with Crippen LogP contribution < -0.4 is 15.8 Å². The Hall–Kier alpha value is -3.08. The Kier molecular flexibility index (Phi) is 7.17. The molecule has 1 fully saturated rings. The van der Waals surface area contributed by atoms with Gasteiger partial charge in [0, 0.05) is 44.6 Å². The third-order valence-corrected chi connectivity index (χ3v) is 5.85. The number of H-pyrrole nitrogens is 1. The molecular formula is C23H25FN4O4S. The summed E-state index contributed by atoms with van der Waals surface area (Å²) >= 11 is 5.32. The van der Waals surface area contributed by atoms with E-state index in [9.17, 15) is 14.0 Å². The van der Waals surface area contributed by atoms with Crippen molar-refractivity contribution in [2.24, 2.45) is 0 Å². The lowest BCUT2D eigenvalue weighted by atomic mass is 10.1. The number of anilines is 2. The molecule has 8 nitrogen and oxygen atoms in total. The molecule has 4 rings (SSSR count). The van der Waals surface area contributed by atoms with Crippen LogP contribution in [0.5, 0.6) is 0 Å². The van der Waals surface area contributed by atoms with Crippen LogP contribution in [0.25, 0.3) is 10.9 Å². The number of nitrogens with one attached hydrogen (secondary N) is 2. The van der Waals surface area contributed by atoms with Crippen LogP contribution in [0, 0.1) is 10.6 Å². The Morgan fingerprint density at radius 1 is 1.24 bits per heavy atom. The first kappa shape index (κ1) is 23.1. The van der Waals surface area contributed by atoms with Gasteiger partial charge in [-0.15, -0.1) is 0 Å². The van der Waals surface area contributed by atoms with Gasteiger partial charge in [0.15, 0.2) is 4.77 Å². The van der Waals surface area contributed by atoms with Crippen molar-refractivity contribution in [1.82, 2.24) is 9.55 Å². The number of hydrogen-bond donors (Lipinski definition) is 2. The summed E-state index contributed by atoms with van der Waals surface area (Å²) in [4.78, 5) is 30.5. The van der Waals surface area contributed by atoms with Crippen LogP contribution in [-0.2, 0) is 16.0 Å². The number of aromatic amines is 1.